The molecule has 1 aromatic heterocycles. The monoisotopic (exact) mass is 263 g/mol. The van der Waals surface area contributed by atoms with Gasteiger partial charge in [0.2, 0.25) is 0 Å². The summed E-state index contributed by atoms with van der Waals surface area (Å²) in [6, 6.07) is 3.80. The molecule has 1 aliphatic heterocycles. The maximum Gasteiger partial charge on any atom is 0.186 e. The highest BCUT2D eigenvalue weighted by molar-refractivity contribution is 5.97. The van der Waals surface area contributed by atoms with Crippen molar-refractivity contribution in [3.8, 4) is 5.75 Å². The van der Waals surface area contributed by atoms with Gasteiger partial charge in [-0.25, -0.2) is 4.98 Å². The molecule has 0 amide bonds. The molecule has 104 valence electrons. The molecule has 0 bridgehead atoms. The van der Waals surface area contributed by atoms with Crippen LogP contribution < -0.4 is 4.74 Å². The molecule has 2 rings (SSSR count). The van der Waals surface area contributed by atoms with Gasteiger partial charge in [-0.05, 0) is 26.2 Å². The van der Waals surface area contributed by atoms with Crippen molar-refractivity contribution in [1.82, 2.24) is 14.8 Å². The van der Waals surface area contributed by atoms with Gasteiger partial charge in [-0.3, -0.25) is 4.79 Å². The molecule has 0 spiro atoms. The number of rotatable bonds is 4. The Hall–Kier alpha value is -1.46. The molecule has 1 fully saturated rings. The fraction of sp³-hybridized carbons (Fsp3) is 0.571. The molecule has 0 aromatic carbocycles. The van der Waals surface area contributed by atoms with Crippen molar-refractivity contribution < 1.29 is 9.53 Å². The predicted molar refractivity (Wildman–Crippen MR) is 73.7 cm³/mol. The van der Waals surface area contributed by atoms with Crippen molar-refractivity contribution in [2.45, 2.75) is 12.5 Å². The van der Waals surface area contributed by atoms with Crippen LogP contribution in [0.5, 0.6) is 5.75 Å². The second-order valence-electron chi connectivity index (χ2n) is 5.08. The lowest BCUT2D eigenvalue weighted by Gasteiger charge is -2.37. The highest BCUT2D eigenvalue weighted by atomic mass is 16.5. The van der Waals surface area contributed by atoms with Crippen molar-refractivity contribution in [3.05, 3.63) is 24.0 Å². The summed E-state index contributed by atoms with van der Waals surface area (Å²) in [4.78, 5) is 21.0. The molecule has 1 saturated heterocycles. The first-order chi connectivity index (χ1) is 9.11. The van der Waals surface area contributed by atoms with E-state index in [2.05, 4.69) is 28.9 Å². The maximum absolute atomic E-state index is 12.4. The Morgan fingerprint density at radius 2 is 2.26 bits per heavy atom. The van der Waals surface area contributed by atoms with Crippen LogP contribution in [0.2, 0.25) is 0 Å². The fourth-order valence-electron chi connectivity index (χ4n) is 2.40. The Bertz CT molecular complexity index is 450. The summed E-state index contributed by atoms with van der Waals surface area (Å²) in [6.45, 7) is 2.96. The molecule has 1 atom stereocenters. The summed E-state index contributed by atoms with van der Waals surface area (Å²) in [7, 11) is 5.72. The topological polar surface area (TPSA) is 45.7 Å². The number of methoxy groups -OCH3 is 1. The lowest BCUT2D eigenvalue weighted by atomic mass is 10.0. The second-order valence-corrected chi connectivity index (χ2v) is 5.08. The molecule has 1 unspecified atom stereocenters. The number of pyridine rings is 1. The molecule has 19 heavy (non-hydrogen) atoms. The van der Waals surface area contributed by atoms with Gasteiger partial charge in [0.1, 0.15) is 11.4 Å². The van der Waals surface area contributed by atoms with E-state index in [1.165, 1.54) is 0 Å². The summed E-state index contributed by atoms with van der Waals surface area (Å²) in [6.07, 6.45) is 2.11. The average molecular weight is 263 g/mol. The van der Waals surface area contributed by atoms with Crippen LogP contribution in [-0.2, 0) is 0 Å². The standard InChI is InChI=1S/C14H21N3O2/c1-16-7-8-17(2)11(10-16)9-12(18)14-13(19-3)5-4-6-15-14/h4-6,11H,7-10H2,1-3H3. The first kappa shape index (κ1) is 14.0. The molecular formula is C14H21N3O2. The quantitative estimate of drug-likeness (QED) is 0.756. The minimum Gasteiger partial charge on any atom is -0.494 e. The zero-order valence-electron chi connectivity index (χ0n) is 11.8. The van der Waals surface area contributed by atoms with Crippen LogP contribution in [0.15, 0.2) is 18.3 Å². The molecule has 0 N–H and O–H groups in total. The maximum atomic E-state index is 12.4. The van der Waals surface area contributed by atoms with Gasteiger partial charge in [0, 0.05) is 38.3 Å². The van der Waals surface area contributed by atoms with Gasteiger partial charge in [0.05, 0.1) is 7.11 Å². The van der Waals surface area contributed by atoms with E-state index in [9.17, 15) is 4.79 Å². The van der Waals surface area contributed by atoms with Crippen LogP contribution in [0, 0.1) is 0 Å². The molecule has 1 aliphatic rings. The summed E-state index contributed by atoms with van der Waals surface area (Å²) in [5, 5.41) is 0. The molecule has 0 radical (unpaired) electrons. The largest absolute Gasteiger partial charge is 0.494 e. The van der Waals surface area contributed by atoms with Crippen molar-refractivity contribution >= 4 is 5.78 Å². The Morgan fingerprint density at radius 3 is 3.00 bits per heavy atom. The summed E-state index contributed by atoms with van der Waals surface area (Å²) < 4.78 is 5.20. The highest BCUT2D eigenvalue weighted by Crippen LogP contribution is 2.19. The van der Waals surface area contributed by atoms with E-state index < -0.39 is 0 Å². The van der Waals surface area contributed by atoms with Crippen molar-refractivity contribution in [1.29, 1.82) is 0 Å². The lowest BCUT2D eigenvalue weighted by molar-refractivity contribution is 0.0803. The van der Waals surface area contributed by atoms with Crippen LogP contribution >= 0.6 is 0 Å². The van der Waals surface area contributed by atoms with Crippen molar-refractivity contribution in [2.75, 3.05) is 40.8 Å². The van der Waals surface area contributed by atoms with Crippen LogP contribution in [-0.4, -0.2) is 67.4 Å². The Labute approximate surface area is 114 Å². The number of hydrogen-bond donors (Lipinski definition) is 0. The third-order valence-electron chi connectivity index (χ3n) is 3.66. The van der Waals surface area contributed by atoms with Gasteiger partial charge in [-0.1, -0.05) is 0 Å². The third-order valence-corrected chi connectivity index (χ3v) is 3.66. The number of carbonyl (C=O) groups is 1. The van der Waals surface area contributed by atoms with E-state index in [-0.39, 0.29) is 11.8 Å². The number of hydrogen-bond acceptors (Lipinski definition) is 5. The number of piperazine rings is 1. The normalized spacial score (nSPS) is 21.3. The molecular weight excluding hydrogens is 242 g/mol. The van der Waals surface area contributed by atoms with E-state index in [1.807, 2.05) is 0 Å². The van der Waals surface area contributed by atoms with Crippen molar-refractivity contribution in [3.63, 3.8) is 0 Å². The molecule has 2 heterocycles. The average Bonchev–Trinajstić information content (AvgIpc) is 2.42. The number of carbonyl (C=O) groups excluding carboxylic acids is 1. The molecule has 5 nitrogen and oxygen atoms in total. The minimum absolute atomic E-state index is 0.0459. The van der Waals surface area contributed by atoms with E-state index in [1.54, 1.807) is 25.4 Å². The molecule has 5 heteroatoms. The predicted octanol–water partition coefficient (Wildman–Crippen LogP) is 0.909. The summed E-state index contributed by atoms with van der Waals surface area (Å²) in [5.74, 6) is 0.601. The zero-order valence-corrected chi connectivity index (χ0v) is 11.8. The van der Waals surface area contributed by atoms with E-state index >= 15 is 0 Å². The van der Waals surface area contributed by atoms with Crippen molar-refractivity contribution in [2.24, 2.45) is 0 Å². The number of Topliss-reactive ketones (excluding diaryl/α,β-unsaturated/α-hetero) is 1. The molecule has 0 aliphatic carbocycles. The molecule has 1 aromatic rings. The van der Waals surface area contributed by atoms with Gasteiger partial charge in [0.25, 0.3) is 0 Å². The smallest absolute Gasteiger partial charge is 0.186 e. The fourth-order valence-corrected chi connectivity index (χ4v) is 2.40. The van der Waals surface area contributed by atoms with Crippen LogP contribution in [0.3, 0.4) is 0 Å². The van der Waals surface area contributed by atoms with Crippen LogP contribution in [0.1, 0.15) is 16.9 Å². The highest BCUT2D eigenvalue weighted by Gasteiger charge is 2.26. The van der Waals surface area contributed by atoms with E-state index in [0.717, 1.165) is 19.6 Å². The zero-order chi connectivity index (χ0) is 13.8. The first-order valence-electron chi connectivity index (χ1n) is 6.53. The van der Waals surface area contributed by atoms with Gasteiger partial charge in [-0.15, -0.1) is 0 Å². The summed E-state index contributed by atoms with van der Waals surface area (Å²) in [5.41, 5.74) is 0.437. The first-order valence-corrected chi connectivity index (χ1v) is 6.53. The number of ether oxygens (including phenoxy) is 1. The number of likely N-dealkylation sites (N-methyl/N-ethyl adjacent to an activating group) is 2. The Balaban J connectivity index is 2.08. The minimum atomic E-state index is 0.0459. The third kappa shape index (κ3) is 3.30. The van der Waals surface area contributed by atoms with E-state index in [0.29, 0.717) is 17.9 Å². The number of aromatic nitrogens is 1. The number of nitrogens with zero attached hydrogens (tertiary/aromatic N) is 3. The Kier molecular flexibility index (Phi) is 4.50. The van der Waals surface area contributed by atoms with Crippen LogP contribution in [0.4, 0.5) is 0 Å². The van der Waals surface area contributed by atoms with Gasteiger partial charge < -0.3 is 14.5 Å². The summed E-state index contributed by atoms with van der Waals surface area (Å²) >= 11 is 0. The van der Waals surface area contributed by atoms with Gasteiger partial charge in [-0.2, -0.15) is 0 Å². The second kappa shape index (κ2) is 6.12. The number of ketones is 1. The Morgan fingerprint density at radius 1 is 1.47 bits per heavy atom. The SMILES string of the molecule is COc1cccnc1C(=O)CC1CN(C)CCN1C. The van der Waals surface area contributed by atoms with Gasteiger partial charge >= 0.3 is 0 Å². The molecule has 0 saturated carbocycles. The van der Waals surface area contributed by atoms with Gasteiger partial charge in [0.15, 0.2) is 5.78 Å². The lowest BCUT2D eigenvalue weighted by Crippen LogP contribution is -2.50. The van der Waals surface area contributed by atoms with E-state index in [4.69, 9.17) is 4.74 Å². The van der Waals surface area contributed by atoms with Crippen LogP contribution in [0.25, 0.3) is 0 Å².